The zero-order chi connectivity index (χ0) is 15.1. The van der Waals surface area contributed by atoms with Crippen LogP contribution in [0, 0.1) is 0 Å². The SMILES string of the molecule is Clc1ccc2nc3c(c(-c4ccccc4)c2c1)CCCC3Cl. The Hall–Kier alpha value is -1.57. The summed E-state index contributed by atoms with van der Waals surface area (Å²) < 4.78 is 0. The molecule has 1 aliphatic carbocycles. The number of halogens is 2. The van der Waals surface area contributed by atoms with E-state index in [4.69, 9.17) is 28.2 Å². The molecule has 4 rings (SSSR count). The van der Waals surface area contributed by atoms with E-state index in [1.165, 1.54) is 16.7 Å². The number of hydrogen-bond donors (Lipinski definition) is 0. The van der Waals surface area contributed by atoms with Crippen molar-refractivity contribution in [2.45, 2.75) is 24.6 Å². The van der Waals surface area contributed by atoms with Gasteiger partial charge in [0.2, 0.25) is 0 Å². The first kappa shape index (κ1) is 14.0. The van der Waals surface area contributed by atoms with Crippen LogP contribution in [0.4, 0.5) is 0 Å². The molecule has 1 nitrogen and oxygen atoms in total. The van der Waals surface area contributed by atoms with Crippen molar-refractivity contribution in [1.29, 1.82) is 0 Å². The number of rotatable bonds is 1. The molecule has 0 amide bonds. The summed E-state index contributed by atoms with van der Waals surface area (Å²) in [7, 11) is 0. The van der Waals surface area contributed by atoms with Crippen molar-refractivity contribution in [3.05, 3.63) is 64.8 Å². The number of hydrogen-bond acceptors (Lipinski definition) is 1. The molecule has 22 heavy (non-hydrogen) atoms. The lowest BCUT2D eigenvalue weighted by molar-refractivity contribution is 0.654. The predicted molar refractivity (Wildman–Crippen MR) is 93.7 cm³/mol. The minimum atomic E-state index is 0.00582. The molecule has 1 atom stereocenters. The number of pyridine rings is 1. The molecule has 1 heterocycles. The molecular formula is C19H15Cl2N. The Kier molecular flexibility index (Phi) is 3.56. The first-order valence-electron chi connectivity index (χ1n) is 7.55. The molecule has 3 aromatic rings. The minimum Gasteiger partial charge on any atom is -0.251 e. The van der Waals surface area contributed by atoms with E-state index in [0.717, 1.165) is 40.9 Å². The van der Waals surface area contributed by atoms with Gasteiger partial charge >= 0.3 is 0 Å². The van der Waals surface area contributed by atoms with E-state index in [9.17, 15) is 0 Å². The third-order valence-electron chi connectivity index (χ3n) is 4.32. The van der Waals surface area contributed by atoms with Gasteiger partial charge in [0, 0.05) is 10.4 Å². The highest BCUT2D eigenvalue weighted by atomic mass is 35.5. The standard InChI is InChI=1S/C19H15Cl2N/c20-13-9-10-17-15(11-13)18(12-5-2-1-3-6-12)14-7-4-8-16(21)19(14)22-17/h1-3,5-6,9-11,16H,4,7-8H2. The normalized spacial score (nSPS) is 17.5. The average Bonchev–Trinajstić information content (AvgIpc) is 2.54. The van der Waals surface area contributed by atoms with Crippen molar-refractivity contribution in [3.63, 3.8) is 0 Å². The van der Waals surface area contributed by atoms with E-state index in [1.54, 1.807) is 0 Å². The summed E-state index contributed by atoms with van der Waals surface area (Å²) in [5.41, 5.74) is 5.75. The summed E-state index contributed by atoms with van der Waals surface area (Å²) in [6, 6.07) is 16.4. The smallest absolute Gasteiger partial charge is 0.0760 e. The first-order chi connectivity index (χ1) is 10.7. The molecule has 0 spiro atoms. The van der Waals surface area contributed by atoms with Crippen molar-refractivity contribution in [1.82, 2.24) is 4.98 Å². The van der Waals surface area contributed by atoms with E-state index in [1.807, 2.05) is 24.3 Å². The second kappa shape index (κ2) is 5.57. The maximum atomic E-state index is 6.55. The fourth-order valence-corrected chi connectivity index (χ4v) is 3.84. The van der Waals surface area contributed by atoms with Gasteiger partial charge in [0.15, 0.2) is 0 Å². The quantitative estimate of drug-likeness (QED) is 0.487. The van der Waals surface area contributed by atoms with Gasteiger partial charge in [-0.25, -0.2) is 0 Å². The average molecular weight is 328 g/mol. The van der Waals surface area contributed by atoms with E-state index in [0.29, 0.717) is 0 Å². The molecule has 0 N–H and O–H groups in total. The molecule has 0 aliphatic heterocycles. The molecule has 1 aromatic heterocycles. The van der Waals surface area contributed by atoms with Gasteiger partial charge in [0.25, 0.3) is 0 Å². The fourth-order valence-electron chi connectivity index (χ4n) is 3.34. The number of fused-ring (bicyclic) bond motifs is 2. The zero-order valence-electron chi connectivity index (χ0n) is 12.0. The summed E-state index contributed by atoms with van der Waals surface area (Å²) in [5.74, 6) is 0. The molecule has 110 valence electrons. The second-order valence-corrected chi connectivity index (χ2v) is 6.70. The second-order valence-electron chi connectivity index (χ2n) is 5.74. The Labute approximate surface area is 139 Å². The van der Waals surface area contributed by atoms with Crippen LogP contribution in [0.15, 0.2) is 48.5 Å². The van der Waals surface area contributed by atoms with Crippen LogP contribution in [0.5, 0.6) is 0 Å². The molecular weight excluding hydrogens is 313 g/mol. The van der Waals surface area contributed by atoms with E-state index < -0.39 is 0 Å². The number of aromatic nitrogens is 1. The van der Waals surface area contributed by atoms with Crippen molar-refractivity contribution >= 4 is 34.1 Å². The summed E-state index contributed by atoms with van der Waals surface area (Å²) >= 11 is 12.8. The van der Waals surface area contributed by atoms with Crippen LogP contribution >= 0.6 is 23.2 Å². The van der Waals surface area contributed by atoms with Crippen LogP contribution in [0.1, 0.15) is 29.5 Å². The lowest BCUT2D eigenvalue weighted by Crippen LogP contribution is -2.10. The van der Waals surface area contributed by atoms with Gasteiger partial charge in [0.05, 0.1) is 16.6 Å². The minimum absolute atomic E-state index is 0.00582. The van der Waals surface area contributed by atoms with Crippen LogP contribution in [0.2, 0.25) is 5.02 Å². The maximum absolute atomic E-state index is 6.55. The highest BCUT2D eigenvalue weighted by Crippen LogP contribution is 2.42. The van der Waals surface area contributed by atoms with Gasteiger partial charge in [-0.15, -0.1) is 11.6 Å². The molecule has 1 aliphatic rings. The highest BCUT2D eigenvalue weighted by molar-refractivity contribution is 6.31. The fraction of sp³-hybridized carbons (Fsp3) is 0.211. The Bertz CT molecular complexity index is 843. The van der Waals surface area contributed by atoms with Crippen LogP contribution in [0.25, 0.3) is 22.0 Å². The van der Waals surface area contributed by atoms with Gasteiger partial charge in [-0.1, -0.05) is 41.9 Å². The number of alkyl halides is 1. The van der Waals surface area contributed by atoms with Gasteiger partial charge in [-0.3, -0.25) is 4.98 Å². The Morgan fingerprint density at radius 3 is 2.68 bits per heavy atom. The highest BCUT2D eigenvalue weighted by Gasteiger charge is 2.24. The first-order valence-corrected chi connectivity index (χ1v) is 8.37. The molecule has 0 radical (unpaired) electrons. The molecule has 0 fully saturated rings. The third kappa shape index (κ3) is 2.29. The van der Waals surface area contributed by atoms with E-state index >= 15 is 0 Å². The Morgan fingerprint density at radius 1 is 1.05 bits per heavy atom. The summed E-state index contributed by atoms with van der Waals surface area (Å²) in [6.07, 6.45) is 3.13. The van der Waals surface area contributed by atoms with Gasteiger partial charge in [-0.2, -0.15) is 0 Å². The van der Waals surface area contributed by atoms with Gasteiger partial charge in [-0.05, 0) is 54.2 Å². The van der Waals surface area contributed by atoms with E-state index in [-0.39, 0.29) is 5.38 Å². The maximum Gasteiger partial charge on any atom is 0.0760 e. The van der Waals surface area contributed by atoms with Gasteiger partial charge < -0.3 is 0 Å². The Balaban J connectivity index is 2.12. The molecule has 1 unspecified atom stereocenters. The van der Waals surface area contributed by atoms with Crippen molar-refractivity contribution < 1.29 is 0 Å². The lowest BCUT2D eigenvalue weighted by Gasteiger charge is -2.24. The monoisotopic (exact) mass is 327 g/mol. The van der Waals surface area contributed by atoms with Crippen LogP contribution in [0.3, 0.4) is 0 Å². The van der Waals surface area contributed by atoms with Crippen LogP contribution in [-0.2, 0) is 6.42 Å². The van der Waals surface area contributed by atoms with Crippen molar-refractivity contribution in [2.24, 2.45) is 0 Å². The number of nitrogens with zero attached hydrogens (tertiary/aromatic N) is 1. The third-order valence-corrected chi connectivity index (χ3v) is 4.98. The van der Waals surface area contributed by atoms with Crippen molar-refractivity contribution in [3.8, 4) is 11.1 Å². The van der Waals surface area contributed by atoms with Crippen LogP contribution in [-0.4, -0.2) is 4.98 Å². The van der Waals surface area contributed by atoms with Crippen LogP contribution < -0.4 is 0 Å². The Morgan fingerprint density at radius 2 is 1.86 bits per heavy atom. The number of benzene rings is 2. The molecule has 0 saturated carbocycles. The molecule has 3 heteroatoms. The van der Waals surface area contributed by atoms with Gasteiger partial charge in [0.1, 0.15) is 0 Å². The lowest BCUT2D eigenvalue weighted by atomic mass is 9.86. The summed E-state index contributed by atoms with van der Waals surface area (Å²) in [6.45, 7) is 0. The molecule has 0 saturated heterocycles. The summed E-state index contributed by atoms with van der Waals surface area (Å²) in [5, 5.41) is 1.86. The molecule has 0 bridgehead atoms. The molecule has 2 aromatic carbocycles. The van der Waals surface area contributed by atoms with E-state index in [2.05, 4.69) is 24.3 Å². The topological polar surface area (TPSA) is 12.9 Å². The predicted octanol–water partition coefficient (Wildman–Crippen LogP) is 6.17. The van der Waals surface area contributed by atoms with Crippen molar-refractivity contribution in [2.75, 3.05) is 0 Å². The largest absolute Gasteiger partial charge is 0.251 e. The zero-order valence-corrected chi connectivity index (χ0v) is 13.5. The summed E-state index contributed by atoms with van der Waals surface area (Å²) in [4.78, 5) is 4.83.